The predicted molar refractivity (Wildman–Crippen MR) is 142 cm³/mol. The highest BCUT2D eigenvalue weighted by molar-refractivity contribution is 5.91. The second-order valence-corrected chi connectivity index (χ2v) is 10.1. The van der Waals surface area contributed by atoms with Crippen molar-refractivity contribution in [2.24, 2.45) is 0 Å². The van der Waals surface area contributed by atoms with E-state index in [0.717, 1.165) is 23.9 Å². The maximum absolute atomic E-state index is 13.1. The number of unbranched alkanes of at least 4 members (excludes halogenated alkanes) is 15. The summed E-state index contributed by atoms with van der Waals surface area (Å²) in [6, 6.07) is 3.59. The Morgan fingerprint density at radius 3 is 1.84 bits per heavy atom. The highest BCUT2D eigenvalue weighted by atomic mass is 19.3. The summed E-state index contributed by atoms with van der Waals surface area (Å²) in [5, 5.41) is 6.33. The number of hydrogen-bond acceptors (Lipinski definition) is 3. The third kappa shape index (κ3) is 12.5. The molecule has 0 aliphatic heterocycles. The zero-order valence-corrected chi connectivity index (χ0v) is 22.8. The van der Waals surface area contributed by atoms with Gasteiger partial charge in [-0.15, -0.1) is 0 Å². The zero-order chi connectivity index (χ0) is 27.6. The fourth-order valence-corrected chi connectivity index (χ4v) is 4.56. The number of carbonyl (C=O) groups is 1. The Bertz CT molecular complexity index is 898. The molecule has 0 spiro atoms. The number of furan rings is 1. The lowest BCUT2D eigenvalue weighted by Crippen LogP contribution is -2.23. The SMILES string of the molecule is CCCCCCCCCCCCCCCCCCNC(=O)c1ccc(Cn2nc(C(F)F)cc2C(F)F)o1. The van der Waals surface area contributed by atoms with Crippen LogP contribution in [-0.2, 0) is 6.54 Å². The van der Waals surface area contributed by atoms with E-state index in [4.69, 9.17) is 4.42 Å². The molecule has 2 aromatic rings. The minimum atomic E-state index is -2.95. The molecule has 1 N–H and O–H groups in total. The Kier molecular flexibility index (Phi) is 15.8. The van der Waals surface area contributed by atoms with Crippen molar-refractivity contribution < 1.29 is 26.8 Å². The van der Waals surface area contributed by atoms with E-state index in [1.54, 1.807) is 0 Å². The first-order valence-corrected chi connectivity index (χ1v) is 14.4. The maximum Gasteiger partial charge on any atom is 0.286 e. The molecular weight excluding hydrogens is 498 g/mol. The van der Waals surface area contributed by atoms with Gasteiger partial charge in [0.05, 0.1) is 6.54 Å². The molecule has 0 saturated heterocycles. The normalized spacial score (nSPS) is 11.7. The molecule has 216 valence electrons. The number of nitrogens with zero attached hydrogens (tertiary/aromatic N) is 2. The van der Waals surface area contributed by atoms with Gasteiger partial charge in [0, 0.05) is 6.54 Å². The molecule has 0 atom stereocenters. The summed E-state index contributed by atoms with van der Waals surface area (Å²) >= 11 is 0. The van der Waals surface area contributed by atoms with E-state index in [1.165, 1.54) is 95.6 Å². The first-order valence-electron chi connectivity index (χ1n) is 14.4. The third-order valence-corrected chi connectivity index (χ3v) is 6.78. The van der Waals surface area contributed by atoms with Gasteiger partial charge < -0.3 is 9.73 Å². The highest BCUT2D eigenvalue weighted by Gasteiger charge is 2.22. The predicted octanol–water partition coefficient (Wildman–Crippen LogP) is 9.39. The average molecular weight is 544 g/mol. The molecule has 38 heavy (non-hydrogen) atoms. The summed E-state index contributed by atoms with van der Waals surface area (Å²) in [5.74, 6) is -0.153. The topological polar surface area (TPSA) is 60.1 Å². The van der Waals surface area contributed by atoms with E-state index in [0.29, 0.717) is 12.6 Å². The molecule has 0 aliphatic rings. The summed E-state index contributed by atoms with van der Waals surface area (Å²) in [4.78, 5) is 12.3. The van der Waals surface area contributed by atoms with Crippen molar-refractivity contribution in [1.29, 1.82) is 0 Å². The lowest BCUT2D eigenvalue weighted by atomic mass is 10.0. The summed E-state index contributed by atoms with van der Waals surface area (Å²) in [6.45, 7) is 2.52. The number of alkyl halides is 4. The summed E-state index contributed by atoms with van der Waals surface area (Å²) in [6.07, 6.45) is 14.6. The monoisotopic (exact) mass is 543 g/mol. The van der Waals surface area contributed by atoms with Crippen molar-refractivity contribution in [1.82, 2.24) is 15.1 Å². The van der Waals surface area contributed by atoms with E-state index in [1.807, 2.05) is 0 Å². The van der Waals surface area contributed by atoms with Gasteiger partial charge in [-0.2, -0.15) is 5.10 Å². The summed E-state index contributed by atoms with van der Waals surface area (Å²) in [7, 11) is 0. The van der Waals surface area contributed by atoms with Gasteiger partial charge in [0.25, 0.3) is 18.8 Å². The van der Waals surface area contributed by atoms with Crippen molar-refractivity contribution in [3.8, 4) is 0 Å². The van der Waals surface area contributed by atoms with Gasteiger partial charge in [0.15, 0.2) is 5.76 Å². The number of nitrogens with one attached hydrogen (secondary N) is 1. The minimum absolute atomic E-state index is 0.0522. The van der Waals surface area contributed by atoms with Gasteiger partial charge >= 0.3 is 0 Å². The third-order valence-electron chi connectivity index (χ3n) is 6.78. The second-order valence-electron chi connectivity index (χ2n) is 10.1. The van der Waals surface area contributed by atoms with Crippen LogP contribution in [0.3, 0.4) is 0 Å². The van der Waals surface area contributed by atoms with Crippen LogP contribution in [0.15, 0.2) is 22.6 Å². The van der Waals surface area contributed by atoms with Crippen LogP contribution in [0.25, 0.3) is 0 Å². The van der Waals surface area contributed by atoms with Crippen LogP contribution in [0.1, 0.15) is 150 Å². The molecular formula is C29H45F4N3O2. The molecule has 1 amide bonds. The van der Waals surface area contributed by atoms with Crippen molar-refractivity contribution in [2.75, 3.05) is 6.54 Å². The van der Waals surface area contributed by atoms with Crippen LogP contribution >= 0.6 is 0 Å². The van der Waals surface area contributed by atoms with Gasteiger partial charge in [0.2, 0.25) is 0 Å². The van der Waals surface area contributed by atoms with Gasteiger partial charge in [0.1, 0.15) is 17.1 Å². The average Bonchev–Trinajstić information content (AvgIpc) is 3.54. The Hall–Kier alpha value is -2.32. The molecule has 5 nitrogen and oxygen atoms in total. The number of rotatable bonds is 22. The molecule has 2 rings (SSSR count). The standard InChI is InChI=1S/C29H45F4N3O2/c1-2-3-4-5-6-7-8-9-10-11-12-13-14-15-16-17-20-34-29(37)26-19-18-23(38-26)22-36-25(28(32)33)21-24(35-36)27(30)31/h18-19,21,27-28H,2-17,20,22H2,1H3,(H,34,37). The Morgan fingerprint density at radius 2 is 1.34 bits per heavy atom. The first-order chi connectivity index (χ1) is 18.4. The zero-order valence-electron chi connectivity index (χ0n) is 22.8. The van der Waals surface area contributed by atoms with Crippen LogP contribution in [0.4, 0.5) is 17.6 Å². The molecule has 0 unspecified atom stereocenters. The fraction of sp³-hybridized carbons (Fsp3) is 0.724. The molecule has 0 bridgehead atoms. The van der Waals surface area contributed by atoms with Crippen LogP contribution < -0.4 is 5.32 Å². The van der Waals surface area contributed by atoms with Crippen LogP contribution in [0.2, 0.25) is 0 Å². The maximum atomic E-state index is 13.1. The van der Waals surface area contributed by atoms with E-state index in [-0.39, 0.29) is 24.0 Å². The van der Waals surface area contributed by atoms with Crippen LogP contribution in [0, 0.1) is 0 Å². The van der Waals surface area contributed by atoms with Crippen LogP contribution in [0.5, 0.6) is 0 Å². The molecule has 2 aromatic heterocycles. The largest absolute Gasteiger partial charge is 0.454 e. The van der Waals surface area contributed by atoms with E-state index in [2.05, 4.69) is 17.3 Å². The van der Waals surface area contributed by atoms with Gasteiger partial charge in [-0.25, -0.2) is 17.6 Å². The fourth-order valence-electron chi connectivity index (χ4n) is 4.56. The lowest BCUT2D eigenvalue weighted by Gasteiger charge is -2.05. The molecule has 0 saturated carbocycles. The smallest absolute Gasteiger partial charge is 0.286 e. The number of halogens is 4. The molecule has 0 fully saturated rings. The van der Waals surface area contributed by atoms with Crippen LogP contribution in [-0.4, -0.2) is 22.2 Å². The Morgan fingerprint density at radius 1 is 0.816 bits per heavy atom. The van der Waals surface area contributed by atoms with E-state index >= 15 is 0 Å². The lowest BCUT2D eigenvalue weighted by molar-refractivity contribution is 0.0922. The number of hydrogen-bond donors (Lipinski definition) is 1. The van der Waals surface area contributed by atoms with Crippen molar-refractivity contribution in [3.63, 3.8) is 0 Å². The quantitative estimate of drug-likeness (QED) is 0.119. The summed E-state index contributed by atoms with van der Waals surface area (Å²) < 4.78 is 58.1. The Balaban J connectivity index is 1.50. The number of carbonyl (C=O) groups excluding carboxylic acids is 1. The second kappa shape index (κ2) is 18.9. The number of aromatic nitrogens is 2. The molecule has 0 aromatic carbocycles. The summed E-state index contributed by atoms with van der Waals surface area (Å²) in [5.41, 5.74) is -1.34. The molecule has 2 heterocycles. The van der Waals surface area contributed by atoms with E-state index < -0.39 is 24.2 Å². The van der Waals surface area contributed by atoms with Gasteiger partial charge in [-0.1, -0.05) is 103 Å². The number of amides is 1. The highest BCUT2D eigenvalue weighted by Crippen LogP contribution is 2.26. The van der Waals surface area contributed by atoms with Gasteiger partial charge in [-0.05, 0) is 24.6 Å². The Labute approximate surface area is 224 Å². The van der Waals surface area contributed by atoms with Crippen molar-refractivity contribution >= 4 is 5.91 Å². The molecule has 9 heteroatoms. The molecule has 0 radical (unpaired) electrons. The first kappa shape index (κ1) is 31.9. The van der Waals surface area contributed by atoms with E-state index in [9.17, 15) is 22.4 Å². The van der Waals surface area contributed by atoms with Crippen molar-refractivity contribution in [2.45, 2.75) is 129 Å². The minimum Gasteiger partial charge on any atom is -0.454 e. The molecule has 0 aliphatic carbocycles. The van der Waals surface area contributed by atoms with Crippen molar-refractivity contribution in [3.05, 3.63) is 41.1 Å². The van der Waals surface area contributed by atoms with Gasteiger partial charge in [-0.3, -0.25) is 9.48 Å².